The second kappa shape index (κ2) is 7.91. The first-order chi connectivity index (χ1) is 12.0. The molecule has 2 aromatic rings. The topological polar surface area (TPSA) is 64.0 Å². The number of aromatic nitrogens is 2. The third-order valence-corrected chi connectivity index (χ3v) is 6.75. The van der Waals surface area contributed by atoms with Crippen LogP contribution >= 0.6 is 23.1 Å². The first kappa shape index (κ1) is 18.5. The Labute approximate surface area is 156 Å². The minimum atomic E-state index is -0.00887. The summed E-state index contributed by atoms with van der Waals surface area (Å²) in [6.07, 6.45) is 4.95. The van der Waals surface area contributed by atoms with E-state index in [1.165, 1.54) is 22.2 Å². The SMILES string of the molecule is CCCn1c(SCC(=O)N[C@@H](C)CC)nc2sc3c(c2c1=O)CCC3. The van der Waals surface area contributed by atoms with Crippen LogP contribution in [0.5, 0.6) is 0 Å². The van der Waals surface area contributed by atoms with Crippen LogP contribution in [-0.2, 0) is 24.2 Å². The molecule has 7 heteroatoms. The number of aryl methyl sites for hydroxylation is 2. The van der Waals surface area contributed by atoms with Gasteiger partial charge in [-0.1, -0.05) is 25.6 Å². The first-order valence-electron chi connectivity index (χ1n) is 9.02. The molecule has 0 saturated carbocycles. The molecular weight excluding hydrogens is 354 g/mol. The van der Waals surface area contributed by atoms with E-state index >= 15 is 0 Å². The van der Waals surface area contributed by atoms with E-state index in [9.17, 15) is 9.59 Å². The molecule has 0 saturated heterocycles. The van der Waals surface area contributed by atoms with Crippen molar-refractivity contribution in [3.8, 4) is 0 Å². The number of hydrogen-bond donors (Lipinski definition) is 1. The van der Waals surface area contributed by atoms with E-state index in [2.05, 4.69) is 12.2 Å². The van der Waals surface area contributed by atoms with Crippen LogP contribution in [0.25, 0.3) is 10.2 Å². The molecule has 2 aromatic heterocycles. The Balaban J connectivity index is 1.90. The smallest absolute Gasteiger partial charge is 0.263 e. The molecular formula is C18H25N3O2S2. The fourth-order valence-electron chi connectivity index (χ4n) is 3.14. The fourth-order valence-corrected chi connectivity index (χ4v) is 5.28. The zero-order valence-electron chi connectivity index (χ0n) is 15.1. The van der Waals surface area contributed by atoms with Crippen molar-refractivity contribution in [1.29, 1.82) is 0 Å². The minimum absolute atomic E-state index is 0.00887. The number of carbonyl (C=O) groups is 1. The quantitative estimate of drug-likeness (QED) is 0.592. The summed E-state index contributed by atoms with van der Waals surface area (Å²) in [5.74, 6) is 0.280. The van der Waals surface area contributed by atoms with Crippen molar-refractivity contribution in [3.63, 3.8) is 0 Å². The van der Waals surface area contributed by atoms with Crippen molar-refractivity contribution in [2.24, 2.45) is 0 Å². The number of nitrogens with zero attached hydrogens (tertiary/aromatic N) is 2. The highest BCUT2D eigenvalue weighted by Crippen LogP contribution is 2.35. The molecule has 1 amide bonds. The van der Waals surface area contributed by atoms with Crippen molar-refractivity contribution >= 4 is 39.2 Å². The molecule has 1 aliphatic rings. The molecule has 0 unspecified atom stereocenters. The Morgan fingerprint density at radius 3 is 2.92 bits per heavy atom. The van der Waals surface area contributed by atoms with Crippen LogP contribution in [0.3, 0.4) is 0 Å². The van der Waals surface area contributed by atoms with Crippen molar-refractivity contribution in [2.75, 3.05) is 5.75 Å². The van der Waals surface area contributed by atoms with Crippen LogP contribution in [0.15, 0.2) is 9.95 Å². The van der Waals surface area contributed by atoms with Crippen LogP contribution in [0.2, 0.25) is 0 Å². The standard InChI is InChI=1S/C18H25N3O2S2/c1-4-9-21-17(23)15-12-7-6-8-13(12)25-16(15)20-18(21)24-10-14(22)19-11(3)5-2/h11H,4-10H2,1-3H3,(H,19,22)/t11-/m0/s1. The second-order valence-electron chi connectivity index (χ2n) is 6.55. The maximum Gasteiger partial charge on any atom is 0.263 e. The van der Waals surface area contributed by atoms with Crippen molar-refractivity contribution in [1.82, 2.24) is 14.9 Å². The Bertz CT molecular complexity index is 841. The van der Waals surface area contributed by atoms with Gasteiger partial charge in [-0.2, -0.15) is 0 Å². The summed E-state index contributed by atoms with van der Waals surface area (Å²) < 4.78 is 1.76. The summed E-state index contributed by atoms with van der Waals surface area (Å²) in [5, 5.41) is 4.45. The molecule has 5 nitrogen and oxygen atoms in total. The number of carbonyl (C=O) groups excluding carboxylic acids is 1. The number of hydrogen-bond acceptors (Lipinski definition) is 5. The van der Waals surface area contributed by atoms with E-state index < -0.39 is 0 Å². The normalized spacial score (nSPS) is 14.7. The van der Waals surface area contributed by atoms with Gasteiger partial charge in [0, 0.05) is 17.5 Å². The Morgan fingerprint density at radius 2 is 2.20 bits per heavy atom. The molecule has 0 radical (unpaired) electrons. The molecule has 0 bridgehead atoms. The lowest BCUT2D eigenvalue weighted by molar-refractivity contribution is -0.119. The molecule has 0 fully saturated rings. The van der Waals surface area contributed by atoms with Gasteiger partial charge in [0.05, 0.1) is 11.1 Å². The molecule has 1 atom stereocenters. The van der Waals surface area contributed by atoms with Gasteiger partial charge in [0.15, 0.2) is 5.16 Å². The fraction of sp³-hybridized carbons (Fsp3) is 0.611. The molecule has 3 rings (SSSR count). The van der Waals surface area contributed by atoms with Gasteiger partial charge in [-0.3, -0.25) is 14.2 Å². The van der Waals surface area contributed by atoms with Crippen molar-refractivity contribution < 1.29 is 4.79 Å². The summed E-state index contributed by atoms with van der Waals surface area (Å²) >= 11 is 3.02. The average molecular weight is 380 g/mol. The van der Waals surface area contributed by atoms with Crippen molar-refractivity contribution in [3.05, 3.63) is 20.8 Å². The minimum Gasteiger partial charge on any atom is -0.353 e. The van der Waals surface area contributed by atoms with E-state index in [-0.39, 0.29) is 23.3 Å². The average Bonchev–Trinajstić information content (AvgIpc) is 3.16. The molecule has 2 heterocycles. The maximum atomic E-state index is 13.0. The summed E-state index contributed by atoms with van der Waals surface area (Å²) in [6, 6.07) is 0.168. The number of fused-ring (bicyclic) bond motifs is 3. The Hall–Kier alpha value is -1.34. The van der Waals surface area contributed by atoms with Crippen LogP contribution in [0.1, 0.15) is 50.5 Å². The molecule has 0 spiro atoms. The van der Waals surface area contributed by atoms with Crippen LogP contribution < -0.4 is 10.9 Å². The van der Waals surface area contributed by atoms with E-state index in [0.29, 0.717) is 11.7 Å². The number of thioether (sulfide) groups is 1. The number of nitrogens with one attached hydrogen (secondary N) is 1. The monoisotopic (exact) mass is 379 g/mol. The summed E-state index contributed by atoms with van der Waals surface area (Å²) in [4.78, 5) is 32.0. The summed E-state index contributed by atoms with van der Waals surface area (Å²) in [7, 11) is 0. The van der Waals surface area contributed by atoms with Gasteiger partial charge in [0.2, 0.25) is 5.91 Å². The van der Waals surface area contributed by atoms with E-state index in [1.807, 2.05) is 13.8 Å². The largest absolute Gasteiger partial charge is 0.353 e. The lowest BCUT2D eigenvalue weighted by atomic mass is 10.2. The van der Waals surface area contributed by atoms with E-state index in [1.54, 1.807) is 15.9 Å². The molecule has 136 valence electrons. The molecule has 0 aromatic carbocycles. The van der Waals surface area contributed by atoms with Gasteiger partial charge in [-0.25, -0.2) is 4.98 Å². The molecule has 0 aliphatic heterocycles. The van der Waals surface area contributed by atoms with Gasteiger partial charge < -0.3 is 5.32 Å². The van der Waals surface area contributed by atoms with E-state index in [0.717, 1.165) is 42.3 Å². The van der Waals surface area contributed by atoms with Crippen molar-refractivity contribution in [2.45, 2.75) is 70.6 Å². The highest BCUT2D eigenvalue weighted by Gasteiger charge is 2.23. The Morgan fingerprint density at radius 1 is 1.40 bits per heavy atom. The van der Waals surface area contributed by atoms with Gasteiger partial charge in [0.25, 0.3) is 5.56 Å². The van der Waals surface area contributed by atoms with Gasteiger partial charge in [-0.05, 0) is 44.6 Å². The lowest BCUT2D eigenvalue weighted by Crippen LogP contribution is -2.33. The first-order valence-corrected chi connectivity index (χ1v) is 10.8. The summed E-state index contributed by atoms with van der Waals surface area (Å²) in [6.45, 7) is 6.73. The zero-order chi connectivity index (χ0) is 18.0. The third kappa shape index (κ3) is 3.77. The molecule has 25 heavy (non-hydrogen) atoms. The van der Waals surface area contributed by atoms with Crippen LogP contribution in [0, 0.1) is 0 Å². The third-order valence-electron chi connectivity index (χ3n) is 4.59. The molecule has 1 N–H and O–H groups in total. The maximum absolute atomic E-state index is 13.0. The van der Waals surface area contributed by atoms with Gasteiger partial charge in [0.1, 0.15) is 4.83 Å². The van der Waals surface area contributed by atoms with E-state index in [4.69, 9.17) is 4.98 Å². The van der Waals surface area contributed by atoms with Crippen LogP contribution in [0.4, 0.5) is 0 Å². The highest BCUT2D eigenvalue weighted by atomic mass is 32.2. The van der Waals surface area contributed by atoms with Crippen LogP contribution in [-0.4, -0.2) is 27.3 Å². The predicted octanol–water partition coefficient (Wildman–Crippen LogP) is 3.36. The number of rotatable bonds is 7. The van der Waals surface area contributed by atoms with Gasteiger partial charge >= 0.3 is 0 Å². The second-order valence-corrected chi connectivity index (χ2v) is 8.58. The summed E-state index contributed by atoms with van der Waals surface area (Å²) in [5.41, 5.74) is 1.28. The Kier molecular flexibility index (Phi) is 5.84. The van der Waals surface area contributed by atoms with Gasteiger partial charge in [-0.15, -0.1) is 11.3 Å². The zero-order valence-corrected chi connectivity index (χ0v) is 16.7. The highest BCUT2D eigenvalue weighted by molar-refractivity contribution is 7.99. The predicted molar refractivity (Wildman–Crippen MR) is 105 cm³/mol. The number of amides is 1. The number of thiophene rings is 1. The molecule has 1 aliphatic carbocycles. The lowest BCUT2D eigenvalue weighted by Gasteiger charge is -2.13.